The molecule has 0 atom stereocenters. The van der Waals surface area contributed by atoms with E-state index < -0.39 is 5.91 Å². The van der Waals surface area contributed by atoms with Crippen LogP contribution in [-0.4, -0.2) is 36.3 Å². The van der Waals surface area contributed by atoms with Crippen molar-refractivity contribution in [3.8, 4) is 22.9 Å². The Bertz CT molecular complexity index is 1790. The molecule has 0 radical (unpaired) electrons. The zero-order valence-corrected chi connectivity index (χ0v) is 25.6. The number of hydrogen-bond acceptors (Lipinski definition) is 7. The van der Waals surface area contributed by atoms with E-state index in [0.29, 0.717) is 33.5 Å². The van der Waals surface area contributed by atoms with E-state index in [2.05, 4.69) is 46.4 Å². The number of halogens is 1. The van der Waals surface area contributed by atoms with Crippen molar-refractivity contribution < 1.29 is 28.2 Å². The molecule has 5 aromatic rings. The fourth-order valence-corrected chi connectivity index (χ4v) is 4.78. The Hall–Kier alpha value is -5.48. The fourth-order valence-electron chi connectivity index (χ4n) is 4.56. The molecule has 230 valence electrons. The number of ether oxygens (including phenoxy) is 3. The molecule has 0 saturated carbocycles. The third kappa shape index (κ3) is 7.92. The number of anilines is 1. The SMILES string of the molecule is COc1cc(Cl)cc(C=NNC(=O)c2ccc(COc3ccc(-n4c(C)ccc4C)cc3)o2)c1OCC(=O)Nc1ccccc1. The van der Waals surface area contributed by atoms with Gasteiger partial charge in [-0.2, -0.15) is 5.10 Å². The van der Waals surface area contributed by atoms with Gasteiger partial charge in [-0.15, -0.1) is 0 Å². The summed E-state index contributed by atoms with van der Waals surface area (Å²) < 4.78 is 24.8. The van der Waals surface area contributed by atoms with Crippen LogP contribution in [0.15, 0.2) is 101 Å². The Morgan fingerprint density at radius 2 is 1.67 bits per heavy atom. The van der Waals surface area contributed by atoms with Gasteiger partial charge in [-0.1, -0.05) is 29.8 Å². The Morgan fingerprint density at radius 1 is 0.933 bits per heavy atom. The molecule has 2 aromatic heterocycles. The second-order valence-corrected chi connectivity index (χ2v) is 10.4. The highest BCUT2D eigenvalue weighted by Gasteiger charge is 2.15. The molecule has 0 bridgehead atoms. The van der Waals surface area contributed by atoms with E-state index in [0.717, 1.165) is 17.1 Å². The highest BCUT2D eigenvalue weighted by molar-refractivity contribution is 6.31. The van der Waals surface area contributed by atoms with Crippen LogP contribution in [0.4, 0.5) is 5.69 Å². The molecule has 45 heavy (non-hydrogen) atoms. The molecule has 2 heterocycles. The number of amides is 2. The van der Waals surface area contributed by atoms with Gasteiger partial charge in [0.05, 0.1) is 13.3 Å². The second kappa shape index (κ2) is 14.3. The quantitative estimate of drug-likeness (QED) is 0.117. The maximum Gasteiger partial charge on any atom is 0.307 e. The number of aromatic nitrogens is 1. The summed E-state index contributed by atoms with van der Waals surface area (Å²) in [6.45, 7) is 3.96. The van der Waals surface area contributed by atoms with Crippen molar-refractivity contribution in [1.29, 1.82) is 0 Å². The first-order valence-corrected chi connectivity index (χ1v) is 14.3. The van der Waals surface area contributed by atoms with Crippen LogP contribution in [0.2, 0.25) is 5.02 Å². The molecule has 0 fully saturated rings. The first kappa shape index (κ1) is 31.0. The molecule has 0 spiro atoms. The summed E-state index contributed by atoms with van der Waals surface area (Å²) in [6.07, 6.45) is 1.34. The van der Waals surface area contributed by atoms with Crippen LogP contribution in [0.3, 0.4) is 0 Å². The van der Waals surface area contributed by atoms with Crippen LogP contribution >= 0.6 is 11.6 Å². The first-order valence-electron chi connectivity index (χ1n) is 14.0. The highest BCUT2D eigenvalue weighted by Crippen LogP contribution is 2.34. The van der Waals surface area contributed by atoms with E-state index in [1.165, 1.54) is 19.4 Å². The lowest BCUT2D eigenvalue weighted by molar-refractivity contribution is -0.118. The zero-order valence-electron chi connectivity index (χ0n) is 24.9. The van der Waals surface area contributed by atoms with Gasteiger partial charge in [0, 0.05) is 39.4 Å². The Kier molecular flexibility index (Phi) is 9.86. The zero-order chi connectivity index (χ0) is 31.8. The third-order valence-electron chi connectivity index (χ3n) is 6.68. The van der Waals surface area contributed by atoms with Gasteiger partial charge in [0.1, 0.15) is 18.1 Å². The molecule has 3 aromatic carbocycles. The molecule has 0 aliphatic carbocycles. The van der Waals surface area contributed by atoms with Crippen molar-refractivity contribution in [2.75, 3.05) is 19.0 Å². The van der Waals surface area contributed by atoms with E-state index in [1.807, 2.05) is 42.5 Å². The lowest BCUT2D eigenvalue weighted by Crippen LogP contribution is -2.21. The Morgan fingerprint density at radius 3 is 2.38 bits per heavy atom. The van der Waals surface area contributed by atoms with Crippen LogP contribution in [-0.2, 0) is 11.4 Å². The van der Waals surface area contributed by atoms with Crippen LogP contribution in [0, 0.1) is 13.8 Å². The normalized spacial score (nSPS) is 10.9. The van der Waals surface area contributed by atoms with Crippen LogP contribution in [0.5, 0.6) is 17.2 Å². The topological polar surface area (TPSA) is 116 Å². The summed E-state index contributed by atoms with van der Waals surface area (Å²) in [5.41, 5.74) is 6.78. The van der Waals surface area contributed by atoms with Crippen molar-refractivity contribution in [2.45, 2.75) is 20.5 Å². The monoisotopic (exact) mass is 626 g/mol. The van der Waals surface area contributed by atoms with Gasteiger partial charge in [0.25, 0.3) is 5.91 Å². The first-order chi connectivity index (χ1) is 21.8. The molecular weight excluding hydrogens is 596 g/mol. The minimum Gasteiger partial charge on any atom is -0.493 e. The molecule has 0 aliphatic rings. The highest BCUT2D eigenvalue weighted by atomic mass is 35.5. The maximum atomic E-state index is 12.7. The average molecular weight is 627 g/mol. The molecule has 0 saturated heterocycles. The number of carbonyl (C=O) groups is 2. The number of nitrogens with zero attached hydrogens (tertiary/aromatic N) is 2. The van der Waals surface area contributed by atoms with Gasteiger partial charge in [0.15, 0.2) is 23.9 Å². The van der Waals surface area contributed by atoms with Crippen molar-refractivity contribution in [3.63, 3.8) is 0 Å². The number of methoxy groups -OCH3 is 1. The summed E-state index contributed by atoms with van der Waals surface area (Å²) in [5.74, 6) is 0.770. The Labute approximate surface area is 265 Å². The lowest BCUT2D eigenvalue weighted by Gasteiger charge is -2.14. The van der Waals surface area contributed by atoms with E-state index in [-0.39, 0.29) is 30.6 Å². The van der Waals surface area contributed by atoms with Gasteiger partial charge in [-0.3, -0.25) is 9.59 Å². The van der Waals surface area contributed by atoms with E-state index in [1.54, 1.807) is 30.3 Å². The second-order valence-electron chi connectivity index (χ2n) is 9.93. The third-order valence-corrected chi connectivity index (χ3v) is 6.89. The molecule has 5 rings (SSSR count). The number of rotatable bonds is 12. The summed E-state index contributed by atoms with van der Waals surface area (Å²) in [4.78, 5) is 25.1. The van der Waals surface area contributed by atoms with Crippen molar-refractivity contribution in [1.82, 2.24) is 9.99 Å². The number of para-hydroxylation sites is 1. The number of carbonyl (C=O) groups excluding carboxylic acids is 2. The summed E-state index contributed by atoms with van der Waals surface area (Å²) in [7, 11) is 1.45. The fraction of sp³-hybridized carbons (Fsp3) is 0.147. The number of hydrazone groups is 1. The predicted octanol–water partition coefficient (Wildman–Crippen LogP) is 6.71. The van der Waals surface area contributed by atoms with Crippen LogP contribution in [0.25, 0.3) is 5.69 Å². The van der Waals surface area contributed by atoms with Gasteiger partial charge in [-0.05, 0) is 80.6 Å². The standard InChI is InChI=1S/C34H31ClN4O6/c1-22-9-10-23(2)39(22)27-11-13-28(14-12-27)43-20-29-15-16-30(45-29)34(41)38-36-19-24-17-25(35)18-31(42-3)33(24)44-21-32(40)37-26-7-5-4-6-8-26/h4-19H,20-21H2,1-3H3,(H,37,40)(H,38,41). The van der Waals surface area contributed by atoms with Crippen molar-refractivity contribution in [3.05, 3.63) is 124 Å². The molecule has 0 unspecified atom stereocenters. The van der Waals surface area contributed by atoms with Gasteiger partial charge in [-0.25, -0.2) is 5.43 Å². The van der Waals surface area contributed by atoms with E-state index >= 15 is 0 Å². The number of aryl methyl sites for hydroxylation is 2. The van der Waals surface area contributed by atoms with Crippen molar-refractivity contribution in [2.24, 2.45) is 5.10 Å². The molecule has 11 heteroatoms. The maximum absolute atomic E-state index is 12.7. The van der Waals surface area contributed by atoms with Crippen LogP contribution < -0.4 is 25.0 Å². The van der Waals surface area contributed by atoms with Gasteiger partial charge >= 0.3 is 5.91 Å². The summed E-state index contributed by atoms with van der Waals surface area (Å²) in [6, 6.07) is 27.2. The Balaban J connectivity index is 1.17. The number of nitrogens with one attached hydrogen (secondary N) is 2. The predicted molar refractivity (Wildman–Crippen MR) is 172 cm³/mol. The minimum atomic E-state index is -0.571. The number of benzene rings is 3. The van der Waals surface area contributed by atoms with Gasteiger partial charge in [0.2, 0.25) is 0 Å². The van der Waals surface area contributed by atoms with Crippen LogP contribution in [0.1, 0.15) is 33.3 Å². The molecule has 2 N–H and O–H groups in total. The molecular formula is C34H31ClN4O6. The minimum absolute atomic E-state index is 0.0531. The van der Waals surface area contributed by atoms with Crippen molar-refractivity contribution >= 4 is 35.3 Å². The van der Waals surface area contributed by atoms with E-state index in [4.69, 9.17) is 30.2 Å². The molecule has 0 aliphatic heterocycles. The average Bonchev–Trinajstić information content (AvgIpc) is 3.65. The largest absolute Gasteiger partial charge is 0.493 e. The molecule has 2 amide bonds. The molecule has 10 nitrogen and oxygen atoms in total. The summed E-state index contributed by atoms with van der Waals surface area (Å²) >= 11 is 6.24. The van der Waals surface area contributed by atoms with Gasteiger partial charge < -0.3 is 28.5 Å². The number of hydrogen-bond donors (Lipinski definition) is 2. The van der Waals surface area contributed by atoms with E-state index in [9.17, 15) is 9.59 Å². The smallest absolute Gasteiger partial charge is 0.307 e. The lowest BCUT2D eigenvalue weighted by atomic mass is 10.2. The summed E-state index contributed by atoms with van der Waals surface area (Å²) in [5, 5.41) is 7.12. The number of furan rings is 1.